The fraction of sp³-hybridized carbons (Fsp3) is 0.143. The molecule has 0 aliphatic heterocycles. The van der Waals surface area contributed by atoms with Gasteiger partial charge in [-0.05, 0) is 48.9 Å². The Labute approximate surface area is 183 Å². The summed E-state index contributed by atoms with van der Waals surface area (Å²) < 4.78 is 4.87. The van der Waals surface area contributed by atoms with Crippen molar-refractivity contribution in [1.82, 2.24) is 18.7 Å². The van der Waals surface area contributed by atoms with Crippen LogP contribution in [0.3, 0.4) is 0 Å². The lowest BCUT2D eigenvalue weighted by molar-refractivity contribution is 0.430. The van der Waals surface area contributed by atoms with Crippen LogP contribution in [0.2, 0.25) is 0 Å². The number of halogens is 1. The Hall–Kier alpha value is -3.66. The minimum atomic E-state index is -0.762. The van der Waals surface area contributed by atoms with Gasteiger partial charge in [-0.2, -0.15) is 0 Å². The van der Waals surface area contributed by atoms with Crippen molar-refractivity contribution in [2.45, 2.75) is 6.92 Å². The molecular weight excluding hydrogens is 466 g/mol. The van der Waals surface area contributed by atoms with E-state index in [9.17, 15) is 19.5 Å². The molecular formula is C21H18BrN5O4. The molecule has 9 nitrogen and oxygen atoms in total. The van der Waals surface area contributed by atoms with E-state index < -0.39 is 17.1 Å². The van der Waals surface area contributed by atoms with Gasteiger partial charge in [0.25, 0.3) is 5.56 Å². The number of H-pyrrole nitrogens is 1. The van der Waals surface area contributed by atoms with Gasteiger partial charge in [0.1, 0.15) is 5.56 Å². The monoisotopic (exact) mass is 483 g/mol. The number of aromatic hydroxyl groups is 1. The van der Waals surface area contributed by atoms with Gasteiger partial charge in [0, 0.05) is 24.8 Å². The van der Waals surface area contributed by atoms with Crippen LogP contribution in [-0.4, -0.2) is 30.0 Å². The quantitative estimate of drug-likeness (QED) is 0.434. The van der Waals surface area contributed by atoms with Crippen LogP contribution in [-0.2, 0) is 14.1 Å². The molecule has 0 unspecified atom stereocenters. The number of aryl methyl sites for hydroxylation is 3. The third-order valence-electron chi connectivity index (χ3n) is 5.12. The van der Waals surface area contributed by atoms with Gasteiger partial charge in [0.05, 0.1) is 22.4 Å². The Morgan fingerprint density at radius 3 is 2.45 bits per heavy atom. The number of nitrogens with one attached hydrogen (secondary N) is 1. The summed E-state index contributed by atoms with van der Waals surface area (Å²) in [6, 6.07) is 10.2. The summed E-state index contributed by atoms with van der Waals surface area (Å²) >= 11 is 3.39. The van der Waals surface area contributed by atoms with Gasteiger partial charge in [-0.15, -0.1) is 0 Å². The standard InChI is InChI=1S/C21H18BrN5O4/c1-11-8-13(5-6-15(11)22)27-19(29)14(18(28)24-20(27)30)10-23-12-4-7-16-17(9-12)26(3)21(31)25(16)2/h4-10,29H,1-3H3,(H,24,28,30). The summed E-state index contributed by atoms with van der Waals surface area (Å²) in [6.45, 7) is 1.84. The molecule has 10 heteroatoms. The first-order valence-corrected chi connectivity index (χ1v) is 10.0. The highest BCUT2D eigenvalue weighted by molar-refractivity contribution is 9.10. The van der Waals surface area contributed by atoms with E-state index in [0.717, 1.165) is 20.1 Å². The minimum absolute atomic E-state index is 0.165. The molecule has 2 aromatic carbocycles. The largest absolute Gasteiger partial charge is 0.493 e. The molecule has 31 heavy (non-hydrogen) atoms. The Morgan fingerprint density at radius 1 is 1.03 bits per heavy atom. The number of nitrogens with zero attached hydrogens (tertiary/aromatic N) is 4. The third-order valence-corrected chi connectivity index (χ3v) is 6.01. The molecule has 0 radical (unpaired) electrons. The van der Waals surface area contributed by atoms with Crippen LogP contribution in [0.25, 0.3) is 16.7 Å². The predicted octanol–water partition coefficient (Wildman–Crippen LogP) is 2.24. The number of benzene rings is 2. The van der Waals surface area contributed by atoms with Crippen LogP contribution in [0.1, 0.15) is 11.1 Å². The van der Waals surface area contributed by atoms with Gasteiger partial charge in [-0.25, -0.2) is 14.2 Å². The van der Waals surface area contributed by atoms with Crippen molar-refractivity contribution >= 4 is 38.9 Å². The number of hydrogen-bond donors (Lipinski definition) is 2. The van der Waals surface area contributed by atoms with Crippen LogP contribution in [0.4, 0.5) is 5.69 Å². The van der Waals surface area contributed by atoms with Crippen LogP contribution >= 0.6 is 15.9 Å². The molecule has 0 saturated carbocycles. The van der Waals surface area contributed by atoms with Gasteiger partial charge in [-0.1, -0.05) is 15.9 Å². The van der Waals surface area contributed by atoms with E-state index in [1.165, 1.54) is 15.3 Å². The number of aromatic nitrogens is 4. The molecule has 0 aliphatic rings. The Morgan fingerprint density at radius 2 is 1.74 bits per heavy atom. The Bertz CT molecular complexity index is 1560. The van der Waals surface area contributed by atoms with Gasteiger partial charge in [0.2, 0.25) is 5.88 Å². The van der Waals surface area contributed by atoms with Gasteiger partial charge in [0.15, 0.2) is 0 Å². The normalized spacial score (nSPS) is 11.6. The first kappa shape index (κ1) is 20.6. The van der Waals surface area contributed by atoms with Crippen LogP contribution in [0.5, 0.6) is 5.88 Å². The number of hydrogen-bond acceptors (Lipinski definition) is 5. The van der Waals surface area contributed by atoms with E-state index >= 15 is 0 Å². The number of aliphatic imine (C=N–C) groups is 1. The van der Waals surface area contributed by atoms with Crippen LogP contribution in [0, 0.1) is 6.92 Å². The lowest BCUT2D eigenvalue weighted by atomic mass is 10.2. The van der Waals surface area contributed by atoms with Gasteiger partial charge in [-0.3, -0.25) is 23.9 Å². The van der Waals surface area contributed by atoms with E-state index in [1.807, 2.05) is 6.92 Å². The lowest BCUT2D eigenvalue weighted by Gasteiger charge is -2.11. The fourth-order valence-electron chi connectivity index (χ4n) is 3.38. The Kier molecular flexibility index (Phi) is 5.02. The zero-order valence-electron chi connectivity index (χ0n) is 16.9. The molecule has 0 spiro atoms. The maximum Gasteiger partial charge on any atom is 0.335 e. The van der Waals surface area contributed by atoms with Gasteiger partial charge >= 0.3 is 11.4 Å². The molecule has 0 aliphatic carbocycles. The molecule has 4 aromatic rings. The first-order chi connectivity index (χ1) is 14.7. The fourth-order valence-corrected chi connectivity index (χ4v) is 3.62. The van der Waals surface area contributed by atoms with Gasteiger partial charge < -0.3 is 5.11 Å². The summed E-state index contributed by atoms with van der Waals surface area (Å²) in [7, 11) is 3.34. The molecule has 2 heterocycles. The molecule has 0 saturated heterocycles. The van der Waals surface area contributed by atoms with E-state index in [1.54, 1.807) is 50.5 Å². The van der Waals surface area contributed by atoms with Crippen LogP contribution < -0.4 is 16.9 Å². The minimum Gasteiger partial charge on any atom is -0.493 e. The highest BCUT2D eigenvalue weighted by atomic mass is 79.9. The van der Waals surface area contributed by atoms with Crippen molar-refractivity contribution in [2.75, 3.05) is 0 Å². The molecule has 0 atom stereocenters. The summed E-state index contributed by atoms with van der Waals surface area (Å²) in [4.78, 5) is 43.3. The molecule has 0 fully saturated rings. The average molecular weight is 484 g/mol. The number of rotatable bonds is 3. The van der Waals surface area contributed by atoms with Crippen molar-refractivity contribution in [2.24, 2.45) is 19.1 Å². The summed E-state index contributed by atoms with van der Waals surface area (Å²) in [5, 5.41) is 10.7. The van der Waals surface area contributed by atoms with E-state index in [4.69, 9.17) is 0 Å². The number of fused-ring (bicyclic) bond motifs is 1. The van der Waals surface area contributed by atoms with E-state index in [0.29, 0.717) is 16.9 Å². The van der Waals surface area contributed by atoms with Crippen molar-refractivity contribution in [3.8, 4) is 11.6 Å². The van der Waals surface area contributed by atoms with E-state index in [2.05, 4.69) is 25.9 Å². The molecule has 2 N–H and O–H groups in total. The molecule has 0 amide bonds. The van der Waals surface area contributed by atoms with Crippen molar-refractivity contribution < 1.29 is 5.11 Å². The van der Waals surface area contributed by atoms with Crippen molar-refractivity contribution in [3.05, 3.63) is 83.3 Å². The van der Waals surface area contributed by atoms with E-state index in [-0.39, 0.29) is 11.3 Å². The predicted molar refractivity (Wildman–Crippen MR) is 122 cm³/mol. The molecule has 4 rings (SSSR count). The van der Waals surface area contributed by atoms with Crippen molar-refractivity contribution in [1.29, 1.82) is 0 Å². The zero-order valence-corrected chi connectivity index (χ0v) is 18.5. The second kappa shape index (κ2) is 7.55. The summed E-state index contributed by atoms with van der Waals surface area (Å²) in [5.74, 6) is -0.521. The Balaban J connectivity index is 1.83. The summed E-state index contributed by atoms with van der Waals surface area (Å²) in [5.41, 5.74) is 1.30. The maximum absolute atomic E-state index is 12.4. The molecule has 158 valence electrons. The first-order valence-electron chi connectivity index (χ1n) is 9.23. The number of aromatic amines is 1. The smallest absolute Gasteiger partial charge is 0.335 e. The third kappa shape index (κ3) is 3.44. The highest BCUT2D eigenvalue weighted by Gasteiger charge is 2.15. The zero-order chi connectivity index (χ0) is 22.4. The molecule has 0 bridgehead atoms. The maximum atomic E-state index is 12.4. The summed E-state index contributed by atoms with van der Waals surface area (Å²) in [6.07, 6.45) is 1.19. The second-order valence-electron chi connectivity index (χ2n) is 7.10. The topological polar surface area (TPSA) is 114 Å². The number of imidazole rings is 1. The second-order valence-corrected chi connectivity index (χ2v) is 7.95. The van der Waals surface area contributed by atoms with Crippen molar-refractivity contribution in [3.63, 3.8) is 0 Å². The average Bonchev–Trinajstić information content (AvgIpc) is 2.94. The lowest BCUT2D eigenvalue weighted by Crippen LogP contribution is -2.31. The highest BCUT2D eigenvalue weighted by Crippen LogP contribution is 2.23. The van der Waals surface area contributed by atoms with Crippen LogP contribution in [0.15, 0.2) is 60.2 Å². The SMILES string of the molecule is Cc1cc(-n2c(O)c(C=Nc3ccc4c(c3)n(C)c(=O)n4C)c(=O)[nH]c2=O)ccc1Br. The molecule has 2 aromatic heterocycles.